The van der Waals surface area contributed by atoms with Crippen LogP contribution in [0.15, 0.2) is 24.5 Å². The Bertz CT molecular complexity index is 595. The molecule has 112 valence electrons. The van der Waals surface area contributed by atoms with E-state index >= 15 is 0 Å². The minimum atomic E-state index is 0.0594. The second-order valence-electron chi connectivity index (χ2n) is 4.43. The van der Waals surface area contributed by atoms with Crippen LogP contribution in [0.5, 0.6) is 0 Å². The number of rotatable bonds is 6. The summed E-state index contributed by atoms with van der Waals surface area (Å²) < 4.78 is 4.16. The predicted octanol–water partition coefficient (Wildman–Crippen LogP) is 2.07. The van der Waals surface area contributed by atoms with Crippen LogP contribution in [0, 0.1) is 0 Å². The molecule has 0 aromatic carbocycles. The Balaban J connectivity index is 2.14. The van der Waals surface area contributed by atoms with Gasteiger partial charge in [-0.05, 0) is 31.4 Å². The normalized spacial score (nSPS) is 10.4. The van der Waals surface area contributed by atoms with Gasteiger partial charge in [0.2, 0.25) is 5.91 Å². The van der Waals surface area contributed by atoms with Gasteiger partial charge in [0.05, 0.1) is 12.1 Å². The number of anilines is 2. The first-order valence-corrected chi connectivity index (χ1v) is 7.61. The van der Waals surface area contributed by atoms with Crippen LogP contribution in [0.3, 0.4) is 0 Å². The standard InChI is InChI=1S/C14H19N5OS/c1-3-19(4-2)11(20)9-17-14-12(13(15)18-21-14)10-6-5-7-16-8-10/h5-8,17H,3-4,9H2,1-2H3,(H2,15,18). The number of likely N-dealkylation sites (N-methyl/N-ethyl adjacent to an activating group) is 1. The number of nitrogens with zero attached hydrogens (tertiary/aromatic N) is 3. The minimum absolute atomic E-state index is 0.0594. The molecule has 0 saturated carbocycles. The van der Waals surface area contributed by atoms with Crippen LogP contribution >= 0.6 is 11.5 Å². The fourth-order valence-electron chi connectivity index (χ4n) is 2.06. The summed E-state index contributed by atoms with van der Waals surface area (Å²) in [6, 6.07) is 3.77. The van der Waals surface area contributed by atoms with Gasteiger partial charge in [0.1, 0.15) is 10.8 Å². The molecule has 0 fully saturated rings. The maximum Gasteiger partial charge on any atom is 0.241 e. The van der Waals surface area contributed by atoms with E-state index in [2.05, 4.69) is 14.7 Å². The molecule has 0 bridgehead atoms. The molecule has 0 aliphatic heterocycles. The van der Waals surface area contributed by atoms with Crippen molar-refractivity contribution in [3.05, 3.63) is 24.5 Å². The van der Waals surface area contributed by atoms with Crippen molar-refractivity contribution < 1.29 is 4.79 Å². The number of nitrogens with one attached hydrogen (secondary N) is 1. The third-order valence-electron chi connectivity index (χ3n) is 3.19. The van der Waals surface area contributed by atoms with Gasteiger partial charge < -0.3 is 16.0 Å². The molecule has 0 saturated heterocycles. The van der Waals surface area contributed by atoms with E-state index in [9.17, 15) is 4.79 Å². The Hall–Kier alpha value is -2.15. The first-order valence-electron chi connectivity index (χ1n) is 6.84. The summed E-state index contributed by atoms with van der Waals surface area (Å²) in [6.07, 6.45) is 3.44. The lowest BCUT2D eigenvalue weighted by Crippen LogP contribution is -2.35. The lowest BCUT2D eigenvalue weighted by Gasteiger charge is -2.18. The van der Waals surface area contributed by atoms with Crippen molar-refractivity contribution in [3.63, 3.8) is 0 Å². The van der Waals surface area contributed by atoms with Crippen molar-refractivity contribution in [2.45, 2.75) is 13.8 Å². The molecule has 2 aromatic heterocycles. The van der Waals surface area contributed by atoms with E-state index in [-0.39, 0.29) is 12.5 Å². The Morgan fingerprint density at radius 2 is 2.19 bits per heavy atom. The second-order valence-corrected chi connectivity index (χ2v) is 5.21. The van der Waals surface area contributed by atoms with Crippen LogP contribution in [0.1, 0.15) is 13.8 Å². The van der Waals surface area contributed by atoms with Crippen molar-refractivity contribution in [2.24, 2.45) is 0 Å². The number of carbonyl (C=O) groups excluding carboxylic acids is 1. The molecule has 2 aromatic rings. The van der Waals surface area contributed by atoms with Crippen molar-refractivity contribution in [3.8, 4) is 11.1 Å². The minimum Gasteiger partial charge on any atom is -0.382 e. The molecule has 2 rings (SSSR count). The Morgan fingerprint density at radius 1 is 1.43 bits per heavy atom. The second kappa shape index (κ2) is 7.03. The molecule has 0 aliphatic rings. The van der Waals surface area contributed by atoms with Crippen LogP contribution in [0.25, 0.3) is 11.1 Å². The van der Waals surface area contributed by atoms with Crippen LogP contribution in [-0.4, -0.2) is 39.8 Å². The zero-order chi connectivity index (χ0) is 15.2. The molecular formula is C14H19N5OS. The number of carbonyl (C=O) groups is 1. The van der Waals surface area contributed by atoms with Gasteiger partial charge in [0.25, 0.3) is 0 Å². The number of hydrogen-bond acceptors (Lipinski definition) is 6. The first kappa shape index (κ1) is 15.2. The molecule has 1 amide bonds. The molecule has 0 radical (unpaired) electrons. The number of hydrogen-bond donors (Lipinski definition) is 2. The number of nitrogen functional groups attached to an aromatic ring is 1. The van der Waals surface area contributed by atoms with Crippen LogP contribution in [0.4, 0.5) is 10.8 Å². The van der Waals surface area contributed by atoms with E-state index in [0.29, 0.717) is 18.9 Å². The van der Waals surface area contributed by atoms with Gasteiger partial charge in [-0.25, -0.2) is 0 Å². The summed E-state index contributed by atoms with van der Waals surface area (Å²) in [5.74, 6) is 0.509. The van der Waals surface area contributed by atoms with Gasteiger partial charge in [0.15, 0.2) is 0 Å². The van der Waals surface area contributed by atoms with Crippen molar-refractivity contribution in [1.29, 1.82) is 0 Å². The SMILES string of the molecule is CCN(CC)C(=O)CNc1snc(N)c1-c1cccnc1. The third-order valence-corrected chi connectivity index (χ3v) is 4.00. The number of nitrogens with two attached hydrogens (primary N) is 1. The highest BCUT2D eigenvalue weighted by Gasteiger charge is 2.16. The van der Waals surface area contributed by atoms with E-state index < -0.39 is 0 Å². The van der Waals surface area contributed by atoms with Gasteiger partial charge in [-0.2, -0.15) is 4.37 Å². The maximum atomic E-state index is 12.0. The number of pyridine rings is 1. The quantitative estimate of drug-likeness (QED) is 0.853. The molecule has 0 atom stereocenters. The van der Waals surface area contributed by atoms with E-state index in [1.807, 2.05) is 26.0 Å². The molecule has 0 unspecified atom stereocenters. The van der Waals surface area contributed by atoms with Crippen LogP contribution in [0.2, 0.25) is 0 Å². The molecule has 6 nitrogen and oxygen atoms in total. The summed E-state index contributed by atoms with van der Waals surface area (Å²) in [7, 11) is 0. The van der Waals surface area contributed by atoms with E-state index in [1.165, 1.54) is 11.5 Å². The van der Waals surface area contributed by atoms with E-state index in [4.69, 9.17) is 5.73 Å². The Kier molecular flexibility index (Phi) is 5.10. The van der Waals surface area contributed by atoms with Gasteiger partial charge >= 0.3 is 0 Å². The fraction of sp³-hybridized carbons (Fsp3) is 0.357. The van der Waals surface area contributed by atoms with Gasteiger partial charge in [-0.3, -0.25) is 9.78 Å². The van der Waals surface area contributed by atoms with Gasteiger partial charge in [-0.15, -0.1) is 0 Å². The summed E-state index contributed by atoms with van der Waals surface area (Å²) in [5.41, 5.74) is 7.62. The molecule has 7 heteroatoms. The zero-order valence-corrected chi connectivity index (χ0v) is 13.0. The Morgan fingerprint density at radius 3 is 2.81 bits per heavy atom. The average Bonchev–Trinajstić information content (AvgIpc) is 2.88. The summed E-state index contributed by atoms with van der Waals surface area (Å²) >= 11 is 1.26. The Labute approximate surface area is 128 Å². The number of aromatic nitrogens is 2. The van der Waals surface area contributed by atoms with Gasteiger partial charge in [-0.1, -0.05) is 6.07 Å². The van der Waals surface area contributed by atoms with Crippen molar-refractivity contribution in [2.75, 3.05) is 30.7 Å². The van der Waals surface area contributed by atoms with E-state index in [0.717, 1.165) is 16.1 Å². The topological polar surface area (TPSA) is 84.1 Å². The van der Waals surface area contributed by atoms with Crippen LogP contribution in [-0.2, 0) is 4.79 Å². The summed E-state index contributed by atoms with van der Waals surface area (Å²) in [4.78, 5) is 17.9. The van der Waals surface area contributed by atoms with Crippen molar-refractivity contribution in [1.82, 2.24) is 14.3 Å². The zero-order valence-electron chi connectivity index (χ0n) is 12.2. The van der Waals surface area contributed by atoms with Crippen LogP contribution < -0.4 is 11.1 Å². The first-order chi connectivity index (χ1) is 10.2. The highest BCUT2D eigenvalue weighted by Crippen LogP contribution is 2.36. The fourth-order valence-corrected chi connectivity index (χ4v) is 2.79. The molecule has 0 aliphatic carbocycles. The lowest BCUT2D eigenvalue weighted by atomic mass is 10.1. The summed E-state index contributed by atoms with van der Waals surface area (Å²) in [6.45, 7) is 5.57. The summed E-state index contributed by atoms with van der Waals surface area (Å²) in [5, 5.41) is 3.93. The number of amides is 1. The molecule has 2 heterocycles. The third kappa shape index (κ3) is 3.49. The largest absolute Gasteiger partial charge is 0.382 e. The lowest BCUT2D eigenvalue weighted by molar-refractivity contribution is -0.128. The maximum absolute atomic E-state index is 12.0. The average molecular weight is 305 g/mol. The molecular weight excluding hydrogens is 286 g/mol. The smallest absolute Gasteiger partial charge is 0.241 e. The highest BCUT2D eigenvalue weighted by atomic mass is 32.1. The van der Waals surface area contributed by atoms with Crippen molar-refractivity contribution >= 4 is 28.3 Å². The van der Waals surface area contributed by atoms with E-state index in [1.54, 1.807) is 17.3 Å². The highest BCUT2D eigenvalue weighted by molar-refractivity contribution is 7.11. The molecule has 0 spiro atoms. The molecule has 21 heavy (non-hydrogen) atoms. The van der Waals surface area contributed by atoms with Gasteiger partial charge in [0, 0.05) is 31.0 Å². The predicted molar refractivity (Wildman–Crippen MR) is 86.2 cm³/mol. The molecule has 3 N–H and O–H groups in total. The monoisotopic (exact) mass is 305 g/mol.